The third kappa shape index (κ3) is 1.94. The number of hydrogen-bond donors (Lipinski definition) is 0. The fourth-order valence-electron chi connectivity index (χ4n) is 0.776. The third-order valence-corrected chi connectivity index (χ3v) is 1.26. The maximum Gasteiger partial charge on any atom is 0.385 e. The molecule has 1 aromatic rings. The maximum absolute atomic E-state index is 8.34. The van der Waals surface area contributed by atoms with Crippen molar-refractivity contribution in [2.45, 2.75) is 6.92 Å². The van der Waals surface area contributed by atoms with Gasteiger partial charge in [-0.1, -0.05) is 0 Å². The minimum atomic E-state index is 0.536. The quantitative estimate of drug-likeness (QED) is 0.606. The number of benzene rings is 1. The van der Waals surface area contributed by atoms with Gasteiger partial charge in [0.05, 0.1) is 6.61 Å². The van der Waals surface area contributed by atoms with Crippen LogP contribution >= 0.6 is 0 Å². The molecule has 0 aromatic heterocycles. The molecule has 0 unspecified atom stereocenters. The van der Waals surface area contributed by atoms with Crippen LogP contribution in [0.2, 0.25) is 0 Å². The largest absolute Gasteiger partial charge is 0.494 e. The van der Waals surface area contributed by atoms with Gasteiger partial charge in [0.1, 0.15) is 5.75 Å². The molecule has 1 aromatic carbocycles. The molecule has 0 bridgehead atoms. The SMILES string of the molecule is CCOc1ccc([N+]#N)cc1. The van der Waals surface area contributed by atoms with E-state index in [0.29, 0.717) is 12.3 Å². The van der Waals surface area contributed by atoms with Crippen molar-refractivity contribution in [2.24, 2.45) is 0 Å². The summed E-state index contributed by atoms with van der Waals surface area (Å²) < 4.78 is 5.18. The summed E-state index contributed by atoms with van der Waals surface area (Å²) >= 11 is 0. The number of rotatable bonds is 2. The highest BCUT2D eigenvalue weighted by atomic mass is 16.5. The van der Waals surface area contributed by atoms with Crippen LogP contribution in [0.4, 0.5) is 5.69 Å². The first kappa shape index (κ1) is 7.55. The van der Waals surface area contributed by atoms with E-state index in [2.05, 4.69) is 4.98 Å². The molecule has 3 nitrogen and oxygen atoms in total. The average Bonchev–Trinajstić information content (AvgIpc) is 2.07. The summed E-state index contributed by atoms with van der Waals surface area (Å²) in [6.45, 7) is 2.57. The van der Waals surface area contributed by atoms with E-state index < -0.39 is 0 Å². The van der Waals surface area contributed by atoms with Crippen LogP contribution in [0, 0.1) is 5.39 Å². The smallest absolute Gasteiger partial charge is 0.385 e. The minimum absolute atomic E-state index is 0.536. The normalized spacial score (nSPS) is 8.73. The fourth-order valence-corrected chi connectivity index (χ4v) is 0.776. The van der Waals surface area contributed by atoms with Gasteiger partial charge < -0.3 is 4.74 Å². The molecule has 0 saturated heterocycles. The Labute approximate surface area is 65.2 Å². The molecule has 0 heterocycles. The molecular weight excluding hydrogens is 140 g/mol. The molecule has 0 aliphatic rings. The summed E-state index contributed by atoms with van der Waals surface area (Å²) in [6.07, 6.45) is 0. The van der Waals surface area contributed by atoms with Gasteiger partial charge in [0.25, 0.3) is 0 Å². The van der Waals surface area contributed by atoms with Gasteiger partial charge in [0, 0.05) is 12.1 Å². The Morgan fingerprint density at radius 2 is 2.00 bits per heavy atom. The number of nitrogens with zero attached hydrogens (tertiary/aromatic N) is 2. The summed E-state index contributed by atoms with van der Waals surface area (Å²) in [4.78, 5) is 3.02. The molecule has 0 amide bonds. The van der Waals surface area contributed by atoms with Crippen molar-refractivity contribution in [3.8, 4) is 5.75 Å². The monoisotopic (exact) mass is 149 g/mol. The lowest BCUT2D eigenvalue weighted by Crippen LogP contribution is -1.89. The van der Waals surface area contributed by atoms with Crippen LogP contribution in [-0.2, 0) is 0 Å². The van der Waals surface area contributed by atoms with Crippen molar-refractivity contribution in [3.05, 3.63) is 29.2 Å². The van der Waals surface area contributed by atoms with Crippen LogP contribution in [-0.4, -0.2) is 6.61 Å². The summed E-state index contributed by atoms with van der Waals surface area (Å²) in [5, 5.41) is 8.34. The molecule has 0 atom stereocenters. The highest BCUT2D eigenvalue weighted by Gasteiger charge is 2.01. The molecule has 0 aliphatic carbocycles. The molecule has 11 heavy (non-hydrogen) atoms. The molecule has 1 rings (SSSR count). The van der Waals surface area contributed by atoms with Gasteiger partial charge in [-0.25, -0.2) is 0 Å². The second-order valence-corrected chi connectivity index (χ2v) is 2.03. The predicted octanol–water partition coefficient (Wildman–Crippen LogP) is 2.57. The average molecular weight is 149 g/mol. The standard InChI is InChI=1S/C8H9N2O/c1-2-11-8-5-3-7(10-9)4-6-8/h3-6H,2H2,1H3/q+1. The van der Waals surface area contributed by atoms with Crippen LogP contribution in [0.15, 0.2) is 24.3 Å². The van der Waals surface area contributed by atoms with Crippen LogP contribution < -0.4 is 4.74 Å². The Morgan fingerprint density at radius 3 is 2.45 bits per heavy atom. The zero-order valence-electron chi connectivity index (χ0n) is 6.32. The van der Waals surface area contributed by atoms with Gasteiger partial charge in [-0.15, -0.1) is 0 Å². The van der Waals surface area contributed by atoms with Gasteiger partial charge in [-0.2, -0.15) is 0 Å². The summed E-state index contributed by atoms with van der Waals surface area (Å²) in [5.74, 6) is 0.792. The van der Waals surface area contributed by atoms with Crippen molar-refractivity contribution < 1.29 is 4.74 Å². The molecule has 0 spiro atoms. The van der Waals surface area contributed by atoms with Crippen LogP contribution in [0.3, 0.4) is 0 Å². The molecule has 3 heteroatoms. The summed E-state index contributed by atoms with van der Waals surface area (Å²) in [5.41, 5.74) is 0.536. The van der Waals surface area contributed by atoms with Crippen LogP contribution in [0.5, 0.6) is 5.75 Å². The number of hydrogen-bond acceptors (Lipinski definition) is 2. The first-order chi connectivity index (χ1) is 5.36. The second-order valence-electron chi connectivity index (χ2n) is 2.03. The van der Waals surface area contributed by atoms with Crippen molar-refractivity contribution in [1.82, 2.24) is 0 Å². The predicted molar refractivity (Wildman–Crippen MR) is 42.4 cm³/mol. The maximum atomic E-state index is 8.34. The zero-order valence-corrected chi connectivity index (χ0v) is 6.32. The van der Waals surface area contributed by atoms with E-state index in [0.717, 1.165) is 5.75 Å². The van der Waals surface area contributed by atoms with Gasteiger partial charge in [0.15, 0.2) is 4.98 Å². The van der Waals surface area contributed by atoms with E-state index >= 15 is 0 Å². The number of ether oxygens (including phenoxy) is 1. The Morgan fingerprint density at radius 1 is 1.36 bits per heavy atom. The van der Waals surface area contributed by atoms with Crippen LogP contribution in [0.25, 0.3) is 4.98 Å². The molecule has 0 radical (unpaired) electrons. The summed E-state index contributed by atoms with van der Waals surface area (Å²) in [7, 11) is 0. The zero-order chi connectivity index (χ0) is 8.10. The van der Waals surface area contributed by atoms with Gasteiger partial charge in [-0.05, 0) is 19.1 Å². The molecular formula is C8H9N2O+. The van der Waals surface area contributed by atoms with E-state index in [9.17, 15) is 0 Å². The topological polar surface area (TPSA) is 37.4 Å². The first-order valence-electron chi connectivity index (χ1n) is 3.44. The molecule has 0 saturated carbocycles. The van der Waals surface area contributed by atoms with Gasteiger partial charge in [-0.3, -0.25) is 0 Å². The Hall–Kier alpha value is -1.56. The van der Waals surface area contributed by atoms with E-state index in [-0.39, 0.29) is 0 Å². The fraction of sp³-hybridized carbons (Fsp3) is 0.250. The highest BCUT2D eigenvalue weighted by Crippen LogP contribution is 2.17. The second kappa shape index (κ2) is 3.57. The molecule has 56 valence electrons. The third-order valence-electron chi connectivity index (χ3n) is 1.26. The van der Waals surface area contributed by atoms with E-state index in [4.69, 9.17) is 10.1 Å². The van der Waals surface area contributed by atoms with Gasteiger partial charge >= 0.3 is 5.69 Å². The molecule has 0 aliphatic heterocycles. The highest BCUT2D eigenvalue weighted by molar-refractivity contribution is 5.46. The van der Waals surface area contributed by atoms with Gasteiger partial charge in [0.2, 0.25) is 5.39 Å². The minimum Gasteiger partial charge on any atom is -0.494 e. The lowest BCUT2D eigenvalue weighted by Gasteiger charge is -1.98. The van der Waals surface area contributed by atoms with Crippen LogP contribution in [0.1, 0.15) is 6.92 Å². The van der Waals surface area contributed by atoms with Crippen molar-refractivity contribution in [2.75, 3.05) is 6.61 Å². The Bertz CT molecular complexity index is 260. The Kier molecular flexibility index (Phi) is 2.45. The number of diazo groups is 1. The molecule has 0 N–H and O–H groups in total. The lowest BCUT2D eigenvalue weighted by molar-refractivity contribution is 0.340. The van der Waals surface area contributed by atoms with Crippen molar-refractivity contribution >= 4 is 5.69 Å². The van der Waals surface area contributed by atoms with Crippen molar-refractivity contribution in [1.29, 1.82) is 5.39 Å². The first-order valence-corrected chi connectivity index (χ1v) is 3.44. The summed E-state index contributed by atoms with van der Waals surface area (Å²) in [6, 6.07) is 6.90. The van der Waals surface area contributed by atoms with Crippen molar-refractivity contribution in [3.63, 3.8) is 0 Å². The molecule has 0 fully saturated rings. The van der Waals surface area contributed by atoms with E-state index in [1.54, 1.807) is 24.3 Å². The van der Waals surface area contributed by atoms with E-state index in [1.807, 2.05) is 6.92 Å². The lowest BCUT2D eigenvalue weighted by atomic mass is 10.3. The Balaban J connectivity index is 2.76. The van der Waals surface area contributed by atoms with E-state index in [1.165, 1.54) is 0 Å².